The lowest BCUT2D eigenvalue weighted by atomic mass is 10.2. The Bertz CT molecular complexity index is 985. The molecule has 0 spiro atoms. The number of hydrogen-bond acceptors (Lipinski definition) is 5. The average Bonchev–Trinajstić information content (AvgIpc) is 3.06. The molecule has 6 nitrogen and oxygen atoms in total. The van der Waals surface area contributed by atoms with Gasteiger partial charge in [-0.1, -0.05) is 35.5 Å². The van der Waals surface area contributed by atoms with Gasteiger partial charge in [-0.2, -0.15) is 18.2 Å². The SMILES string of the molecule is O=S(=O)(Cc1ccccc1)Nc1ccc(-c2noc(C(F)(F)F)n2)cc1. The van der Waals surface area contributed by atoms with Gasteiger partial charge >= 0.3 is 12.1 Å². The van der Waals surface area contributed by atoms with E-state index in [1.54, 1.807) is 30.3 Å². The third kappa shape index (κ3) is 4.39. The van der Waals surface area contributed by atoms with Crippen LogP contribution in [-0.2, 0) is 22.0 Å². The zero-order chi connectivity index (χ0) is 18.8. The molecule has 1 N–H and O–H groups in total. The number of nitrogens with one attached hydrogen (secondary N) is 1. The number of benzene rings is 2. The van der Waals surface area contributed by atoms with Crippen LogP contribution in [0.25, 0.3) is 11.4 Å². The van der Waals surface area contributed by atoms with E-state index in [1.165, 1.54) is 24.3 Å². The zero-order valence-electron chi connectivity index (χ0n) is 13.1. The van der Waals surface area contributed by atoms with Gasteiger partial charge in [0.15, 0.2) is 0 Å². The highest BCUT2D eigenvalue weighted by Crippen LogP contribution is 2.29. The first-order valence-electron chi connectivity index (χ1n) is 7.29. The molecule has 0 amide bonds. The molecule has 0 saturated heterocycles. The van der Waals surface area contributed by atoms with E-state index in [4.69, 9.17) is 0 Å². The Morgan fingerprint density at radius 3 is 2.23 bits per heavy atom. The number of alkyl halides is 3. The van der Waals surface area contributed by atoms with Crippen LogP contribution >= 0.6 is 0 Å². The van der Waals surface area contributed by atoms with Gasteiger partial charge in [-0.25, -0.2) is 8.42 Å². The molecule has 26 heavy (non-hydrogen) atoms. The van der Waals surface area contributed by atoms with Gasteiger partial charge in [0, 0.05) is 11.3 Å². The molecule has 0 fully saturated rings. The van der Waals surface area contributed by atoms with Crippen LogP contribution in [0.5, 0.6) is 0 Å². The van der Waals surface area contributed by atoms with E-state index in [0.717, 1.165) is 0 Å². The standard InChI is InChI=1S/C16H12F3N3O3S/c17-16(18,19)15-20-14(21-25-15)12-6-8-13(9-7-12)22-26(23,24)10-11-4-2-1-3-5-11/h1-9,22H,10H2. The molecule has 10 heteroatoms. The third-order valence-electron chi connectivity index (χ3n) is 3.28. The Morgan fingerprint density at radius 2 is 1.65 bits per heavy atom. The monoisotopic (exact) mass is 383 g/mol. The molecule has 0 aliphatic rings. The number of anilines is 1. The molecule has 0 bridgehead atoms. The van der Waals surface area contributed by atoms with E-state index in [0.29, 0.717) is 5.56 Å². The summed E-state index contributed by atoms with van der Waals surface area (Å²) in [5.41, 5.74) is 1.16. The summed E-state index contributed by atoms with van der Waals surface area (Å²) >= 11 is 0. The van der Waals surface area contributed by atoms with Crippen molar-refractivity contribution in [1.29, 1.82) is 0 Å². The van der Waals surface area contributed by atoms with E-state index < -0.39 is 22.1 Å². The molecule has 3 aromatic rings. The van der Waals surface area contributed by atoms with E-state index in [-0.39, 0.29) is 22.8 Å². The molecule has 1 aromatic heterocycles. The van der Waals surface area contributed by atoms with Crippen LogP contribution in [-0.4, -0.2) is 18.6 Å². The van der Waals surface area contributed by atoms with Crippen molar-refractivity contribution in [1.82, 2.24) is 10.1 Å². The van der Waals surface area contributed by atoms with Gasteiger partial charge in [0.05, 0.1) is 5.75 Å². The van der Waals surface area contributed by atoms with E-state index in [9.17, 15) is 21.6 Å². The second-order valence-electron chi connectivity index (χ2n) is 5.34. The van der Waals surface area contributed by atoms with E-state index in [1.807, 2.05) is 0 Å². The van der Waals surface area contributed by atoms with Gasteiger partial charge in [0.2, 0.25) is 15.8 Å². The molecular formula is C16H12F3N3O3S. The highest BCUT2D eigenvalue weighted by atomic mass is 32.2. The van der Waals surface area contributed by atoms with Crippen LogP contribution < -0.4 is 4.72 Å². The highest BCUT2D eigenvalue weighted by Gasteiger charge is 2.38. The molecule has 0 radical (unpaired) electrons. The van der Waals surface area contributed by atoms with Crippen LogP contribution in [0.4, 0.5) is 18.9 Å². The Morgan fingerprint density at radius 1 is 1.00 bits per heavy atom. The lowest BCUT2D eigenvalue weighted by molar-refractivity contribution is -0.159. The molecule has 1 heterocycles. The smallest absolute Gasteiger partial charge is 0.329 e. The summed E-state index contributed by atoms with van der Waals surface area (Å²) in [6.45, 7) is 0. The predicted molar refractivity (Wildman–Crippen MR) is 87.4 cm³/mol. The Balaban J connectivity index is 1.72. The Labute approximate surface area is 146 Å². The predicted octanol–water partition coefficient (Wildman–Crippen LogP) is 3.70. The van der Waals surface area contributed by atoms with Crippen LogP contribution in [0, 0.1) is 0 Å². The molecule has 3 rings (SSSR count). The number of sulfonamides is 1. The maximum atomic E-state index is 12.5. The molecular weight excluding hydrogens is 371 g/mol. The fourth-order valence-corrected chi connectivity index (χ4v) is 3.35. The minimum absolute atomic E-state index is 0.199. The number of halogens is 3. The Hall–Kier alpha value is -2.88. The maximum absolute atomic E-state index is 12.5. The summed E-state index contributed by atoms with van der Waals surface area (Å²) in [7, 11) is -3.63. The van der Waals surface area contributed by atoms with Crippen LogP contribution in [0.2, 0.25) is 0 Å². The van der Waals surface area contributed by atoms with E-state index in [2.05, 4.69) is 19.4 Å². The van der Waals surface area contributed by atoms with Crippen molar-refractivity contribution in [3.63, 3.8) is 0 Å². The van der Waals surface area contributed by atoms with E-state index >= 15 is 0 Å². The van der Waals surface area contributed by atoms with Gasteiger partial charge in [-0.05, 0) is 29.8 Å². The largest absolute Gasteiger partial charge is 0.471 e. The summed E-state index contributed by atoms with van der Waals surface area (Å²) in [5.74, 6) is -1.88. The number of aromatic nitrogens is 2. The normalized spacial score (nSPS) is 12.1. The first kappa shape index (κ1) is 17.9. The summed E-state index contributed by atoms with van der Waals surface area (Å²) < 4.78 is 68.3. The van der Waals surface area contributed by atoms with Gasteiger partial charge in [0.1, 0.15) is 0 Å². The van der Waals surface area contributed by atoms with Crippen molar-refractivity contribution in [2.45, 2.75) is 11.9 Å². The summed E-state index contributed by atoms with van der Waals surface area (Å²) in [6, 6.07) is 14.2. The molecule has 0 atom stereocenters. The van der Waals surface area contributed by atoms with Crippen molar-refractivity contribution in [3.05, 3.63) is 66.1 Å². The van der Waals surface area contributed by atoms with Gasteiger partial charge in [-0.3, -0.25) is 4.72 Å². The third-order valence-corrected chi connectivity index (χ3v) is 4.54. The summed E-state index contributed by atoms with van der Waals surface area (Å²) in [6.07, 6.45) is -4.72. The minimum Gasteiger partial charge on any atom is -0.329 e. The quantitative estimate of drug-likeness (QED) is 0.726. The highest BCUT2D eigenvalue weighted by molar-refractivity contribution is 7.91. The number of rotatable bonds is 5. The van der Waals surface area contributed by atoms with Gasteiger partial charge in [-0.15, -0.1) is 0 Å². The first-order valence-corrected chi connectivity index (χ1v) is 8.94. The fourth-order valence-electron chi connectivity index (χ4n) is 2.15. The second-order valence-corrected chi connectivity index (χ2v) is 7.07. The minimum atomic E-state index is -4.72. The molecule has 2 aromatic carbocycles. The summed E-state index contributed by atoms with van der Waals surface area (Å²) in [5, 5.41) is 3.27. The Kier molecular flexibility index (Phi) is 4.68. The molecule has 0 aliphatic heterocycles. The molecule has 136 valence electrons. The fraction of sp³-hybridized carbons (Fsp3) is 0.125. The number of nitrogens with zero attached hydrogens (tertiary/aromatic N) is 2. The number of hydrogen-bond donors (Lipinski definition) is 1. The second kappa shape index (κ2) is 6.79. The topological polar surface area (TPSA) is 85.1 Å². The van der Waals surface area contributed by atoms with Gasteiger partial charge < -0.3 is 4.52 Å². The maximum Gasteiger partial charge on any atom is 0.471 e. The van der Waals surface area contributed by atoms with Crippen molar-refractivity contribution in [2.75, 3.05) is 4.72 Å². The van der Waals surface area contributed by atoms with Crippen molar-refractivity contribution < 1.29 is 26.1 Å². The lowest BCUT2D eigenvalue weighted by Crippen LogP contribution is -2.14. The molecule has 0 unspecified atom stereocenters. The molecule has 0 saturated carbocycles. The first-order chi connectivity index (χ1) is 12.2. The van der Waals surface area contributed by atoms with Gasteiger partial charge in [0.25, 0.3) is 0 Å². The molecule has 0 aliphatic carbocycles. The van der Waals surface area contributed by atoms with Crippen LogP contribution in [0.15, 0.2) is 59.1 Å². The van der Waals surface area contributed by atoms with Crippen molar-refractivity contribution in [2.24, 2.45) is 0 Å². The lowest BCUT2D eigenvalue weighted by Gasteiger charge is -2.08. The van der Waals surface area contributed by atoms with Crippen molar-refractivity contribution in [3.8, 4) is 11.4 Å². The van der Waals surface area contributed by atoms with Crippen LogP contribution in [0.1, 0.15) is 11.5 Å². The van der Waals surface area contributed by atoms with Crippen molar-refractivity contribution >= 4 is 15.7 Å². The summed E-state index contributed by atoms with van der Waals surface area (Å²) in [4.78, 5) is 3.27. The van der Waals surface area contributed by atoms with Crippen LogP contribution in [0.3, 0.4) is 0 Å². The zero-order valence-corrected chi connectivity index (χ0v) is 13.9. The average molecular weight is 383 g/mol.